The smallest absolute Gasteiger partial charge is 0.161 e. The minimum Gasteiger partial charge on any atom is -0.485 e. The van der Waals surface area contributed by atoms with Gasteiger partial charge in [-0.25, -0.2) is 0 Å². The number of rotatable bonds is 7. The lowest BCUT2D eigenvalue weighted by Gasteiger charge is -2.12. The van der Waals surface area contributed by atoms with Gasteiger partial charge in [0, 0.05) is 7.05 Å². The van der Waals surface area contributed by atoms with E-state index in [1.165, 1.54) is 0 Å². The Morgan fingerprint density at radius 2 is 1.56 bits per heavy atom. The van der Waals surface area contributed by atoms with Crippen molar-refractivity contribution in [1.29, 1.82) is 0 Å². The summed E-state index contributed by atoms with van der Waals surface area (Å²) < 4.78 is 14.2. The molecule has 0 aliphatic carbocycles. The molecule has 3 aromatic rings. The van der Waals surface area contributed by atoms with Gasteiger partial charge in [-0.1, -0.05) is 42.5 Å². The molecule has 0 amide bonds. The average Bonchev–Trinajstić information content (AvgIpc) is 2.92. The minimum absolute atomic E-state index is 0.0825. The van der Waals surface area contributed by atoms with Crippen molar-refractivity contribution in [3.8, 4) is 11.5 Å². The third-order valence-electron chi connectivity index (χ3n) is 3.77. The van der Waals surface area contributed by atoms with Gasteiger partial charge in [-0.15, -0.1) is 0 Å². The average molecular weight is 403 g/mol. The van der Waals surface area contributed by atoms with Gasteiger partial charge < -0.3 is 14.6 Å². The fourth-order valence-corrected chi connectivity index (χ4v) is 3.00. The highest BCUT2D eigenvalue weighted by Gasteiger charge is 2.14. The summed E-state index contributed by atoms with van der Waals surface area (Å²) in [6.45, 7) is 0.671. The van der Waals surface area contributed by atoms with Crippen molar-refractivity contribution in [3.63, 3.8) is 0 Å². The molecule has 0 aliphatic rings. The molecule has 0 spiro atoms. The van der Waals surface area contributed by atoms with Gasteiger partial charge in [-0.3, -0.25) is 4.68 Å². The second kappa shape index (κ2) is 8.18. The van der Waals surface area contributed by atoms with Crippen LogP contribution in [-0.4, -0.2) is 14.9 Å². The van der Waals surface area contributed by atoms with E-state index in [0.717, 1.165) is 15.7 Å². The number of hydrogen-bond acceptors (Lipinski definition) is 4. The summed E-state index contributed by atoms with van der Waals surface area (Å²) in [5.74, 6) is 1.34. The maximum Gasteiger partial charge on any atom is 0.161 e. The van der Waals surface area contributed by atoms with E-state index in [9.17, 15) is 5.11 Å². The third-order valence-corrected chi connectivity index (χ3v) is 4.68. The number of aliphatic hydroxyl groups is 1. The van der Waals surface area contributed by atoms with Crippen LogP contribution in [0.1, 0.15) is 17.0 Å². The number of para-hydroxylation sites is 2. The first-order valence-electron chi connectivity index (χ1n) is 7.88. The van der Waals surface area contributed by atoms with E-state index in [1.54, 1.807) is 11.7 Å². The zero-order valence-corrected chi connectivity index (χ0v) is 15.4. The molecule has 5 nitrogen and oxygen atoms in total. The summed E-state index contributed by atoms with van der Waals surface area (Å²) in [5, 5.41) is 13.7. The van der Waals surface area contributed by atoms with Crippen LogP contribution in [0.2, 0.25) is 0 Å². The zero-order valence-electron chi connectivity index (χ0n) is 13.9. The molecule has 0 unspecified atom stereocenters. The molecule has 0 atom stereocenters. The molecule has 0 saturated heterocycles. The number of hydrogen-bond donors (Lipinski definition) is 1. The molecule has 25 heavy (non-hydrogen) atoms. The van der Waals surface area contributed by atoms with E-state index < -0.39 is 0 Å². The number of aliphatic hydroxyl groups excluding tert-OH is 1. The van der Waals surface area contributed by atoms with E-state index in [-0.39, 0.29) is 13.2 Å². The van der Waals surface area contributed by atoms with Crippen LogP contribution < -0.4 is 9.47 Å². The van der Waals surface area contributed by atoms with Crippen molar-refractivity contribution in [2.75, 3.05) is 0 Å². The number of halogens is 1. The molecule has 0 saturated carbocycles. The van der Waals surface area contributed by atoms with Crippen LogP contribution in [0.3, 0.4) is 0 Å². The molecule has 0 radical (unpaired) electrons. The summed E-state index contributed by atoms with van der Waals surface area (Å²) in [6, 6.07) is 17.5. The lowest BCUT2D eigenvalue weighted by Crippen LogP contribution is -2.02. The highest BCUT2D eigenvalue weighted by Crippen LogP contribution is 2.29. The highest BCUT2D eigenvalue weighted by molar-refractivity contribution is 9.10. The second-order valence-corrected chi connectivity index (χ2v) is 6.29. The molecule has 2 aromatic carbocycles. The number of aromatic nitrogens is 2. The van der Waals surface area contributed by atoms with Crippen LogP contribution in [0.4, 0.5) is 0 Å². The lowest BCUT2D eigenvalue weighted by atomic mass is 10.2. The summed E-state index contributed by atoms with van der Waals surface area (Å²) >= 11 is 3.46. The SMILES string of the molecule is Cn1nc(COc2ccccc2OCc2ccccc2)c(Br)c1CO. The summed E-state index contributed by atoms with van der Waals surface area (Å²) in [7, 11) is 1.79. The van der Waals surface area contributed by atoms with Gasteiger partial charge in [0.25, 0.3) is 0 Å². The normalized spacial score (nSPS) is 10.7. The molecule has 3 rings (SSSR count). The third kappa shape index (κ3) is 4.21. The number of ether oxygens (including phenoxy) is 2. The maximum absolute atomic E-state index is 9.37. The minimum atomic E-state index is -0.0825. The van der Waals surface area contributed by atoms with Gasteiger partial charge in [0.2, 0.25) is 0 Å². The lowest BCUT2D eigenvalue weighted by molar-refractivity contribution is 0.253. The second-order valence-electron chi connectivity index (χ2n) is 5.50. The van der Waals surface area contributed by atoms with Gasteiger partial charge in [0.1, 0.15) is 18.9 Å². The Kier molecular flexibility index (Phi) is 5.73. The first-order valence-corrected chi connectivity index (χ1v) is 8.68. The van der Waals surface area contributed by atoms with Crippen molar-refractivity contribution in [2.24, 2.45) is 7.05 Å². The number of benzene rings is 2. The highest BCUT2D eigenvalue weighted by atomic mass is 79.9. The van der Waals surface area contributed by atoms with Gasteiger partial charge >= 0.3 is 0 Å². The molecule has 0 aliphatic heterocycles. The predicted octanol–water partition coefficient (Wildman–Crippen LogP) is 3.83. The van der Waals surface area contributed by atoms with Crippen LogP contribution >= 0.6 is 15.9 Å². The van der Waals surface area contributed by atoms with Crippen molar-refractivity contribution < 1.29 is 14.6 Å². The standard InChI is InChI=1S/C19H19BrN2O3/c1-22-16(11-23)19(20)15(21-22)13-25-18-10-6-5-9-17(18)24-12-14-7-3-2-4-8-14/h2-10,23H,11-13H2,1H3. The van der Waals surface area contributed by atoms with E-state index in [0.29, 0.717) is 23.8 Å². The molecule has 0 bridgehead atoms. The maximum atomic E-state index is 9.37. The van der Waals surface area contributed by atoms with Crippen LogP contribution in [0.15, 0.2) is 59.1 Å². The van der Waals surface area contributed by atoms with Gasteiger partial charge in [0.15, 0.2) is 11.5 Å². The Labute approximate surface area is 155 Å². The fraction of sp³-hybridized carbons (Fsp3) is 0.211. The van der Waals surface area contributed by atoms with Crippen LogP contribution in [0.5, 0.6) is 11.5 Å². The summed E-state index contributed by atoms with van der Waals surface area (Å²) in [4.78, 5) is 0. The van der Waals surface area contributed by atoms with Crippen molar-refractivity contribution in [3.05, 3.63) is 76.0 Å². The van der Waals surface area contributed by atoms with Crippen molar-refractivity contribution in [2.45, 2.75) is 19.8 Å². The zero-order chi connectivity index (χ0) is 17.6. The quantitative estimate of drug-likeness (QED) is 0.652. The topological polar surface area (TPSA) is 56.5 Å². The largest absolute Gasteiger partial charge is 0.485 e. The van der Waals surface area contributed by atoms with Crippen molar-refractivity contribution in [1.82, 2.24) is 9.78 Å². The Morgan fingerprint density at radius 1 is 0.960 bits per heavy atom. The van der Waals surface area contributed by atoms with E-state index in [4.69, 9.17) is 9.47 Å². The van der Waals surface area contributed by atoms with Crippen molar-refractivity contribution >= 4 is 15.9 Å². The molecular formula is C19H19BrN2O3. The number of aryl methyl sites for hydroxylation is 1. The molecule has 0 fully saturated rings. The first-order chi connectivity index (χ1) is 12.2. The Balaban J connectivity index is 1.69. The fourth-order valence-electron chi connectivity index (χ4n) is 2.43. The Morgan fingerprint density at radius 3 is 2.16 bits per heavy atom. The van der Waals surface area contributed by atoms with Crippen LogP contribution in [0.25, 0.3) is 0 Å². The molecule has 1 N–H and O–H groups in total. The van der Waals surface area contributed by atoms with Gasteiger partial charge in [-0.2, -0.15) is 5.10 Å². The number of nitrogens with zero attached hydrogens (tertiary/aromatic N) is 2. The Bertz CT molecular complexity index is 834. The van der Waals surface area contributed by atoms with E-state index in [2.05, 4.69) is 21.0 Å². The monoisotopic (exact) mass is 402 g/mol. The van der Waals surface area contributed by atoms with Gasteiger partial charge in [-0.05, 0) is 33.6 Å². The molecule has 6 heteroatoms. The summed E-state index contributed by atoms with van der Waals surface area (Å²) in [6.07, 6.45) is 0. The Hall–Kier alpha value is -2.31. The van der Waals surface area contributed by atoms with E-state index >= 15 is 0 Å². The molecular weight excluding hydrogens is 384 g/mol. The molecule has 1 aromatic heterocycles. The predicted molar refractivity (Wildman–Crippen MR) is 98.4 cm³/mol. The first kappa shape index (κ1) is 17.5. The summed E-state index contributed by atoms with van der Waals surface area (Å²) in [5.41, 5.74) is 2.54. The van der Waals surface area contributed by atoms with Crippen LogP contribution in [0, 0.1) is 0 Å². The van der Waals surface area contributed by atoms with Crippen LogP contribution in [-0.2, 0) is 26.9 Å². The molecule has 130 valence electrons. The van der Waals surface area contributed by atoms with Gasteiger partial charge in [0.05, 0.1) is 16.8 Å². The molecule has 1 heterocycles. The van der Waals surface area contributed by atoms with E-state index in [1.807, 2.05) is 54.6 Å².